The van der Waals surface area contributed by atoms with Crippen molar-refractivity contribution in [2.45, 2.75) is 26.4 Å². The van der Waals surface area contributed by atoms with Crippen molar-refractivity contribution in [3.63, 3.8) is 0 Å². The molecule has 2 amide bonds. The number of aliphatic carboxylic acids is 1. The number of benzene rings is 1. The zero-order valence-electron chi connectivity index (χ0n) is 20.0. The number of carbonyl (C=O) groups is 3. The molecule has 4 N–H and O–H groups in total. The van der Waals surface area contributed by atoms with Crippen LogP contribution in [0.1, 0.15) is 29.9 Å². The van der Waals surface area contributed by atoms with E-state index in [1.54, 1.807) is 6.20 Å². The Bertz CT molecular complexity index is 1290. The molecule has 0 fully saturated rings. The lowest BCUT2D eigenvalue weighted by Gasteiger charge is -2.11. The number of nitrogens with one attached hydrogen (secondary N) is 3. The Kier molecular flexibility index (Phi) is 8.53. The van der Waals surface area contributed by atoms with Gasteiger partial charge in [-0.15, -0.1) is 0 Å². The molecule has 1 aliphatic heterocycles. The fourth-order valence-corrected chi connectivity index (χ4v) is 3.36. The number of rotatable bonds is 5. The number of carbonyl (C=O) groups excluding carboxylic acids is 2. The number of carboxylic acid groups (broad SMARTS) is 1. The Morgan fingerprint density at radius 1 is 1.16 bits per heavy atom. The molecule has 37 heavy (non-hydrogen) atoms. The van der Waals surface area contributed by atoms with Crippen LogP contribution in [0.2, 0.25) is 0 Å². The van der Waals surface area contributed by atoms with Crippen molar-refractivity contribution >= 4 is 23.7 Å². The third-order valence-electron chi connectivity index (χ3n) is 5.07. The van der Waals surface area contributed by atoms with Crippen molar-refractivity contribution in [3.8, 4) is 22.5 Å². The van der Waals surface area contributed by atoms with E-state index in [2.05, 4.69) is 20.6 Å². The lowest BCUT2D eigenvalue weighted by molar-refractivity contribution is -0.192. The first-order chi connectivity index (χ1) is 17.4. The smallest absolute Gasteiger partial charge is 0.475 e. The molecule has 12 heteroatoms. The predicted molar refractivity (Wildman–Crippen MR) is 129 cm³/mol. The fraction of sp³-hybridized carbons (Fsp3) is 0.280. The minimum absolute atomic E-state index is 0.0452. The summed E-state index contributed by atoms with van der Waals surface area (Å²) in [4.78, 5) is 40.7. The number of amides is 2. The summed E-state index contributed by atoms with van der Waals surface area (Å²) in [5.41, 5.74) is 5.75. The number of aromatic amines is 1. The van der Waals surface area contributed by atoms with Crippen molar-refractivity contribution in [2.75, 3.05) is 18.5 Å². The van der Waals surface area contributed by atoms with E-state index in [1.165, 1.54) is 0 Å². The summed E-state index contributed by atoms with van der Waals surface area (Å²) in [7, 11) is 0. The number of hydrogen-bond acceptors (Lipinski definition) is 5. The number of fused-ring (bicyclic) bond motifs is 1. The third kappa shape index (κ3) is 7.56. The Balaban J connectivity index is 0.000000479. The molecule has 0 bridgehead atoms. The molecule has 0 unspecified atom stereocenters. The number of anilines is 1. The van der Waals surface area contributed by atoms with Gasteiger partial charge in [-0.3, -0.25) is 15.1 Å². The molecule has 196 valence electrons. The van der Waals surface area contributed by atoms with E-state index in [0.717, 1.165) is 34.6 Å². The molecule has 0 aliphatic carbocycles. The maximum Gasteiger partial charge on any atom is 0.490 e. The van der Waals surface area contributed by atoms with Crippen molar-refractivity contribution < 1.29 is 37.4 Å². The van der Waals surface area contributed by atoms with Gasteiger partial charge in [0.15, 0.2) is 0 Å². The van der Waals surface area contributed by atoms with Crippen LogP contribution in [-0.4, -0.2) is 52.4 Å². The Morgan fingerprint density at radius 2 is 1.89 bits per heavy atom. The van der Waals surface area contributed by atoms with Crippen LogP contribution in [-0.2, 0) is 16.0 Å². The normalized spacial score (nSPS) is 12.6. The van der Waals surface area contributed by atoms with Crippen LogP contribution >= 0.6 is 0 Å². The van der Waals surface area contributed by atoms with Gasteiger partial charge in [-0.05, 0) is 36.2 Å². The highest BCUT2D eigenvalue weighted by molar-refractivity contribution is 5.97. The molecule has 2 aromatic heterocycles. The van der Waals surface area contributed by atoms with Gasteiger partial charge in [-0.25, -0.2) is 9.59 Å². The Hall–Kier alpha value is -4.35. The summed E-state index contributed by atoms with van der Waals surface area (Å²) in [5, 5.41) is 12.7. The molecular formula is C25H25F3N4O5. The highest BCUT2D eigenvalue weighted by Gasteiger charge is 2.38. The number of nitrogens with zero attached hydrogens (tertiary/aromatic N) is 1. The van der Waals surface area contributed by atoms with Crippen molar-refractivity contribution in [1.82, 2.24) is 15.3 Å². The number of halogens is 3. The summed E-state index contributed by atoms with van der Waals surface area (Å²) >= 11 is 0. The highest BCUT2D eigenvalue weighted by atomic mass is 19.4. The Labute approximate surface area is 210 Å². The molecule has 4 rings (SSSR count). The molecule has 1 aromatic carbocycles. The average molecular weight is 518 g/mol. The minimum Gasteiger partial charge on any atom is -0.475 e. The molecule has 0 saturated carbocycles. The van der Waals surface area contributed by atoms with Gasteiger partial charge in [-0.2, -0.15) is 13.2 Å². The second-order valence-electron chi connectivity index (χ2n) is 8.51. The second-order valence-corrected chi connectivity index (χ2v) is 8.51. The minimum atomic E-state index is -5.08. The van der Waals surface area contributed by atoms with Crippen LogP contribution in [0.15, 0.2) is 48.7 Å². The number of pyridine rings is 1. The monoisotopic (exact) mass is 518 g/mol. The van der Waals surface area contributed by atoms with Crippen LogP contribution in [0, 0.1) is 5.92 Å². The number of aromatic nitrogens is 2. The van der Waals surface area contributed by atoms with Crippen molar-refractivity contribution in [3.05, 3.63) is 59.9 Å². The largest absolute Gasteiger partial charge is 0.490 e. The lowest BCUT2D eigenvalue weighted by atomic mass is 10.1. The predicted octanol–water partition coefficient (Wildman–Crippen LogP) is 4.87. The van der Waals surface area contributed by atoms with Gasteiger partial charge in [0.2, 0.25) is 0 Å². The number of hydrogen-bond donors (Lipinski definition) is 4. The van der Waals surface area contributed by atoms with Crippen LogP contribution in [0.3, 0.4) is 0 Å². The Morgan fingerprint density at radius 3 is 2.54 bits per heavy atom. The van der Waals surface area contributed by atoms with E-state index in [-0.39, 0.29) is 11.8 Å². The molecule has 0 saturated heterocycles. The van der Waals surface area contributed by atoms with Gasteiger partial charge in [0.1, 0.15) is 0 Å². The summed E-state index contributed by atoms with van der Waals surface area (Å²) in [6, 6.07) is 13.2. The van der Waals surface area contributed by atoms with Gasteiger partial charge in [-0.1, -0.05) is 26.0 Å². The quantitative estimate of drug-likeness (QED) is 0.381. The van der Waals surface area contributed by atoms with E-state index in [0.29, 0.717) is 24.4 Å². The number of alkyl halides is 3. The molecule has 1 aliphatic rings. The van der Waals surface area contributed by atoms with Gasteiger partial charge in [0, 0.05) is 47.4 Å². The van der Waals surface area contributed by atoms with Gasteiger partial charge < -0.3 is 20.1 Å². The van der Waals surface area contributed by atoms with Crippen LogP contribution < -0.4 is 10.6 Å². The van der Waals surface area contributed by atoms with E-state index in [4.69, 9.17) is 14.6 Å². The van der Waals surface area contributed by atoms with Crippen LogP contribution in [0.25, 0.3) is 22.5 Å². The maximum absolute atomic E-state index is 12.0. The first-order valence-corrected chi connectivity index (χ1v) is 11.2. The van der Waals surface area contributed by atoms with Gasteiger partial charge in [0.05, 0.1) is 17.9 Å². The standard InChI is InChI=1S/C23H24N4O3.C2HF3O2/c1-14(2)13-30-23(29)26-17-5-3-4-15(10-17)20-11-16(6-8-24-20)21-12-18-19(27-21)7-9-25-22(18)28;3-2(4,5)1(6)7/h3-6,8,10-12,14,27H,7,9,13H2,1-2H3,(H,25,28)(H,26,29);(H,6,7). The van der Waals surface area contributed by atoms with Crippen LogP contribution in [0.5, 0.6) is 0 Å². The van der Waals surface area contributed by atoms with Gasteiger partial charge in [0.25, 0.3) is 5.91 Å². The fourth-order valence-electron chi connectivity index (χ4n) is 3.36. The topological polar surface area (TPSA) is 133 Å². The summed E-state index contributed by atoms with van der Waals surface area (Å²) in [5.74, 6) is -2.53. The SMILES string of the molecule is CC(C)COC(=O)Nc1cccc(-c2cc(-c3cc4c([nH]3)CCNC4=O)ccn2)c1.O=C(O)C(F)(F)F. The summed E-state index contributed by atoms with van der Waals surface area (Å²) in [6.07, 6.45) is -3.03. The third-order valence-corrected chi connectivity index (χ3v) is 5.07. The molecular weight excluding hydrogens is 493 g/mol. The van der Waals surface area contributed by atoms with Crippen molar-refractivity contribution in [2.24, 2.45) is 5.92 Å². The van der Waals surface area contributed by atoms with E-state index < -0.39 is 18.2 Å². The zero-order valence-corrected chi connectivity index (χ0v) is 20.0. The second kappa shape index (κ2) is 11.6. The molecule has 0 radical (unpaired) electrons. The molecule has 3 aromatic rings. The van der Waals surface area contributed by atoms with E-state index in [9.17, 15) is 22.8 Å². The first-order valence-electron chi connectivity index (χ1n) is 11.2. The molecule has 0 spiro atoms. The average Bonchev–Trinajstić information content (AvgIpc) is 3.29. The molecule has 0 atom stereocenters. The number of H-pyrrole nitrogens is 1. The number of carboxylic acids is 1. The maximum atomic E-state index is 12.0. The zero-order chi connectivity index (χ0) is 27.2. The first kappa shape index (κ1) is 27.2. The highest BCUT2D eigenvalue weighted by Crippen LogP contribution is 2.28. The van der Waals surface area contributed by atoms with Crippen LogP contribution in [0.4, 0.5) is 23.7 Å². The van der Waals surface area contributed by atoms with Crippen molar-refractivity contribution in [1.29, 1.82) is 0 Å². The molecule has 9 nitrogen and oxygen atoms in total. The summed E-state index contributed by atoms with van der Waals surface area (Å²) < 4.78 is 36.9. The van der Waals surface area contributed by atoms with E-state index in [1.807, 2.05) is 56.3 Å². The summed E-state index contributed by atoms with van der Waals surface area (Å²) in [6.45, 7) is 4.99. The lowest BCUT2D eigenvalue weighted by Crippen LogP contribution is -2.31. The van der Waals surface area contributed by atoms with Gasteiger partial charge >= 0.3 is 18.2 Å². The molecule has 3 heterocycles. The van der Waals surface area contributed by atoms with E-state index >= 15 is 0 Å². The number of ether oxygens (including phenoxy) is 1.